The molecule has 12 nitrogen and oxygen atoms in total. The van der Waals surface area contributed by atoms with E-state index in [2.05, 4.69) is 37.3 Å². The minimum atomic E-state index is 0.295. The number of methoxy groups -OCH3 is 1. The van der Waals surface area contributed by atoms with Gasteiger partial charge in [0, 0.05) is 62.2 Å². The van der Waals surface area contributed by atoms with Gasteiger partial charge in [0.1, 0.15) is 30.0 Å². The lowest BCUT2D eigenvalue weighted by Crippen LogP contribution is -2.09. The molecule has 0 spiro atoms. The van der Waals surface area contributed by atoms with Crippen LogP contribution in [0, 0.1) is 0 Å². The third-order valence-corrected chi connectivity index (χ3v) is 6.72. The minimum absolute atomic E-state index is 0.295. The first-order chi connectivity index (χ1) is 20.0. The van der Waals surface area contributed by atoms with Crippen molar-refractivity contribution in [3.05, 3.63) is 72.8 Å². The molecule has 0 amide bonds. The van der Waals surface area contributed by atoms with E-state index in [1.807, 2.05) is 48.3 Å². The minimum Gasteiger partial charge on any atom is -0.487 e. The maximum Gasteiger partial charge on any atom is 0.150 e. The number of fused-ring (bicyclic) bond motifs is 2. The average molecular weight is 551 g/mol. The zero-order valence-corrected chi connectivity index (χ0v) is 23.1. The highest BCUT2D eigenvalue weighted by atomic mass is 16.5. The van der Waals surface area contributed by atoms with Crippen LogP contribution < -0.4 is 15.8 Å². The van der Waals surface area contributed by atoms with E-state index in [1.165, 1.54) is 6.33 Å². The van der Waals surface area contributed by atoms with E-state index in [4.69, 9.17) is 20.2 Å². The summed E-state index contributed by atoms with van der Waals surface area (Å²) in [4.78, 5) is 22.6. The molecular weight excluding hydrogens is 520 g/mol. The van der Waals surface area contributed by atoms with E-state index in [9.17, 15) is 0 Å². The molecule has 0 unspecified atom stereocenters. The van der Waals surface area contributed by atoms with E-state index >= 15 is 0 Å². The fourth-order valence-electron chi connectivity index (χ4n) is 4.72. The largest absolute Gasteiger partial charge is 0.487 e. The van der Waals surface area contributed by atoms with Crippen molar-refractivity contribution in [3.8, 4) is 22.7 Å². The van der Waals surface area contributed by atoms with Crippen LogP contribution >= 0.6 is 0 Å². The molecule has 0 saturated heterocycles. The molecule has 0 atom stereocenters. The molecule has 12 heteroatoms. The molecule has 208 valence electrons. The van der Waals surface area contributed by atoms with Gasteiger partial charge in [0.15, 0.2) is 5.65 Å². The number of nitrogens with two attached hydrogens (primary N) is 1. The number of hydrogen-bond donors (Lipinski definition) is 2. The van der Waals surface area contributed by atoms with Crippen LogP contribution in [-0.4, -0.2) is 59.5 Å². The standard InChI is InChI=1S/C29H30N10O2/c1-4-19-10-24(32-6-8-40-3)27-25(36-19)11-21(14-33-27)41-16-18-9-20(13-31-12-18)39-15-22(23-5-7-38(2)37-23)26-28(30)34-17-35-29(26)39/h5,7,9-15,17H,4,6,8,16H2,1-3H3,(H,32,36)(H2,30,34,35). The Kier molecular flexibility index (Phi) is 7.13. The number of aromatic nitrogens is 8. The maximum absolute atomic E-state index is 6.28. The highest BCUT2D eigenvalue weighted by molar-refractivity contribution is 6.00. The van der Waals surface area contributed by atoms with Gasteiger partial charge < -0.3 is 20.5 Å². The first-order valence-electron chi connectivity index (χ1n) is 13.2. The third-order valence-electron chi connectivity index (χ3n) is 6.72. The number of rotatable bonds is 10. The van der Waals surface area contributed by atoms with Gasteiger partial charge in [-0.25, -0.2) is 15.0 Å². The van der Waals surface area contributed by atoms with Gasteiger partial charge in [-0.15, -0.1) is 0 Å². The molecule has 0 aliphatic carbocycles. The van der Waals surface area contributed by atoms with Gasteiger partial charge in [0.25, 0.3) is 0 Å². The Hall–Kier alpha value is -5.10. The Balaban J connectivity index is 1.28. The Morgan fingerprint density at radius 1 is 1.07 bits per heavy atom. The second-order valence-corrected chi connectivity index (χ2v) is 9.56. The SMILES string of the molecule is CCc1cc(NCCOC)c2ncc(OCc3cncc(-n4cc(-c5ccn(C)n5)c5c(N)ncnc54)c3)cc2n1. The normalized spacial score (nSPS) is 11.4. The van der Waals surface area contributed by atoms with Gasteiger partial charge in [0.2, 0.25) is 0 Å². The zero-order chi connectivity index (χ0) is 28.3. The Morgan fingerprint density at radius 2 is 1.98 bits per heavy atom. The van der Waals surface area contributed by atoms with Gasteiger partial charge in [-0.2, -0.15) is 5.10 Å². The lowest BCUT2D eigenvalue weighted by Gasteiger charge is -2.12. The molecular formula is C29H30N10O2. The number of anilines is 2. The van der Waals surface area contributed by atoms with Crippen molar-refractivity contribution in [2.75, 3.05) is 31.3 Å². The summed E-state index contributed by atoms with van der Waals surface area (Å²) in [5.41, 5.74) is 13.7. The van der Waals surface area contributed by atoms with E-state index in [0.29, 0.717) is 37.0 Å². The molecule has 6 heterocycles. The average Bonchev–Trinajstić information content (AvgIpc) is 3.60. The molecule has 0 radical (unpaired) electrons. The first kappa shape index (κ1) is 26.1. The van der Waals surface area contributed by atoms with Gasteiger partial charge in [-0.05, 0) is 24.6 Å². The van der Waals surface area contributed by atoms with Gasteiger partial charge in [0.05, 0.1) is 47.0 Å². The summed E-state index contributed by atoms with van der Waals surface area (Å²) in [5, 5.41) is 8.68. The second kappa shape index (κ2) is 11.2. The lowest BCUT2D eigenvalue weighted by atomic mass is 10.2. The van der Waals surface area contributed by atoms with E-state index in [0.717, 1.165) is 56.7 Å². The summed E-state index contributed by atoms with van der Waals surface area (Å²) in [6.45, 7) is 3.66. The molecule has 6 aromatic rings. The van der Waals surface area contributed by atoms with Crippen LogP contribution in [0.5, 0.6) is 5.75 Å². The molecule has 0 aliphatic rings. The van der Waals surface area contributed by atoms with Crippen LogP contribution in [-0.2, 0) is 24.8 Å². The maximum atomic E-state index is 6.28. The summed E-state index contributed by atoms with van der Waals surface area (Å²) in [5.74, 6) is 1.01. The monoisotopic (exact) mass is 550 g/mol. The van der Waals surface area contributed by atoms with Crippen molar-refractivity contribution in [1.29, 1.82) is 0 Å². The molecule has 0 aliphatic heterocycles. The summed E-state index contributed by atoms with van der Waals surface area (Å²) >= 11 is 0. The molecule has 0 bridgehead atoms. The fourth-order valence-corrected chi connectivity index (χ4v) is 4.72. The number of aryl methyl sites for hydroxylation is 2. The number of hydrogen-bond acceptors (Lipinski definition) is 10. The summed E-state index contributed by atoms with van der Waals surface area (Å²) in [6.07, 6.45) is 11.4. The number of nitrogens with one attached hydrogen (secondary N) is 1. The molecule has 3 N–H and O–H groups in total. The quantitative estimate of drug-likeness (QED) is 0.241. The van der Waals surface area contributed by atoms with Crippen LogP contribution in [0.4, 0.5) is 11.5 Å². The third kappa shape index (κ3) is 5.24. The van der Waals surface area contributed by atoms with Crippen molar-refractivity contribution in [1.82, 2.24) is 39.3 Å². The highest BCUT2D eigenvalue weighted by Crippen LogP contribution is 2.33. The van der Waals surface area contributed by atoms with E-state index in [-0.39, 0.29) is 0 Å². The summed E-state index contributed by atoms with van der Waals surface area (Å²) in [7, 11) is 3.56. The second-order valence-electron chi connectivity index (χ2n) is 9.56. The summed E-state index contributed by atoms with van der Waals surface area (Å²) in [6, 6.07) is 7.89. The Morgan fingerprint density at radius 3 is 2.78 bits per heavy atom. The highest BCUT2D eigenvalue weighted by Gasteiger charge is 2.18. The predicted octanol–water partition coefficient (Wildman–Crippen LogP) is 3.94. The number of pyridine rings is 3. The molecule has 41 heavy (non-hydrogen) atoms. The van der Waals surface area contributed by atoms with Crippen LogP contribution in [0.1, 0.15) is 18.2 Å². The number of nitrogen functional groups attached to an aromatic ring is 1. The Labute approximate surface area is 236 Å². The molecule has 0 saturated carbocycles. The van der Waals surface area contributed by atoms with Gasteiger partial charge in [-0.1, -0.05) is 6.92 Å². The molecule has 0 aromatic carbocycles. The topological polar surface area (TPSA) is 144 Å². The molecule has 6 rings (SSSR count). The number of nitrogens with zero attached hydrogens (tertiary/aromatic N) is 8. The van der Waals surface area contributed by atoms with Crippen molar-refractivity contribution in [3.63, 3.8) is 0 Å². The van der Waals surface area contributed by atoms with Crippen LogP contribution in [0.25, 0.3) is 39.0 Å². The van der Waals surface area contributed by atoms with Crippen molar-refractivity contribution in [2.24, 2.45) is 7.05 Å². The van der Waals surface area contributed by atoms with Crippen molar-refractivity contribution >= 4 is 33.6 Å². The van der Waals surface area contributed by atoms with Crippen LogP contribution in [0.15, 0.2) is 61.6 Å². The molecule has 6 aromatic heterocycles. The van der Waals surface area contributed by atoms with Gasteiger partial charge >= 0.3 is 0 Å². The lowest BCUT2D eigenvalue weighted by molar-refractivity contribution is 0.211. The smallest absolute Gasteiger partial charge is 0.150 e. The van der Waals surface area contributed by atoms with E-state index < -0.39 is 0 Å². The Bertz CT molecular complexity index is 1850. The fraction of sp³-hybridized carbons (Fsp3) is 0.241. The van der Waals surface area contributed by atoms with Crippen LogP contribution in [0.2, 0.25) is 0 Å². The van der Waals surface area contributed by atoms with Gasteiger partial charge in [-0.3, -0.25) is 19.2 Å². The molecule has 0 fully saturated rings. The number of ether oxygens (including phenoxy) is 2. The van der Waals surface area contributed by atoms with E-state index in [1.54, 1.807) is 30.4 Å². The predicted molar refractivity (Wildman–Crippen MR) is 157 cm³/mol. The first-order valence-corrected chi connectivity index (χ1v) is 13.2. The van der Waals surface area contributed by atoms with Crippen LogP contribution in [0.3, 0.4) is 0 Å². The zero-order valence-electron chi connectivity index (χ0n) is 23.1. The summed E-state index contributed by atoms with van der Waals surface area (Å²) < 4.78 is 15.0. The van der Waals surface area contributed by atoms with Crippen molar-refractivity contribution in [2.45, 2.75) is 20.0 Å². The van der Waals surface area contributed by atoms with Crippen molar-refractivity contribution < 1.29 is 9.47 Å².